The number of benzene rings is 1. The van der Waals surface area contributed by atoms with Gasteiger partial charge in [-0.25, -0.2) is 0 Å². The lowest BCUT2D eigenvalue weighted by Gasteiger charge is -2.06. The van der Waals surface area contributed by atoms with Gasteiger partial charge in [0.15, 0.2) is 11.0 Å². The Balaban J connectivity index is 1.69. The molecule has 0 spiro atoms. The Labute approximate surface area is 159 Å². The molecule has 3 aromatic rings. The van der Waals surface area contributed by atoms with Crippen molar-refractivity contribution in [2.75, 3.05) is 11.1 Å². The van der Waals surface area contributed by atoms with Crippen LogP contribution >= 0.6 is 39.0 Å². The number of amides is 1. The first kappa shape index (κ1) is 17.8. The number of hydrogen-bond acceptors (Lipinski definition) is 8. The van der Waals surface area contributed by atoms with Crippen molar-refractivity contribution in [2.45, 2.75) is 12.1 Å². The van der Waals surface area contributed by atoms with E-state index in [0.717, 1.165) is 9.48 Å². The van der Waals surface area contributed by atoms with Gasteiger partial charge < -0.3 is 9.67 Å². The Kier molecular flexibility index (Phi) is 5.35. The molecular weight excluding hydrogens is 428 g/mol. The highest BCUT2D eigenvalue weighted by Gasteiger charge is 2.16. The van der Waals surface area contributed by atoms with Crippen LogP contribution in [0.15, 0.2) is 27.8 Å². The molecular formula is C14H13BrN6O2S2. The van der Waals surface area contributed by atoms with Crippen LogP contribution in [0.5, 0.6) is 5.75 Å². The van der Waals surface area contributed by atoms with Gasteiger partial charge in [0.1, 0.15) is 10.8 Å². The van der Waals surface area contributed by atoms with Crippen LogP contribution in [0.25, 0.3) is 11.4 Å². The predicted octanol–water partition coefficient (Wildman–Crippen LogP) is 2.84. The first-order chi connectivity index (χ1) is 11.9. The van der Waals surface area contributed by atoms with Crippen molar-refractivity contribution < 1.29 is 9.90 Å². The number of aromatic hydroxyl groups is 1. The van der Waals surface area contributed by atoms with Crippen LogP contribution in [0.3, 0.4) is 0 Å². The van der Waals surface area contributed by atoms with Crippen LogP contribution in [0.2, 0.25) is 0 Å². The Morgan fingerprint density at radius 2 is 2.16 bits per heavy atom. The molecule has 0 fully saturated rings. The number of carbonyl (C=O) groups is 1. The van der Waals surface area contributed by atoms with Crippen LogP contribution in [0.4, 0.5) is 5.13 Å². The summed E-state index contributed by atoms with van der Waals surface area (Å²) in [6.45, 7) is 1.82. The van der Waals surface area contributed by atoms with Crippen molar-refractivity contribution >= 4 is 50.1 Å². The summed E-state index contributed by atoms with van der Waals surface area (Å²) in [5.74, 6) is 0.590. The Morgan fingerprint density at radius 1 is 1.36 bits per heavy atom. The predicted molar refractivity (Wildman–Crippen MR) is 99.8 cm³/mol. The van der Waals surface area contributed by atoms with Gasteiger partial charge in [-0.3, -0.25) is 10.1 Å². The fourth-order valence-electron chi connectivity index (χ4n) is 2.00. The van der Waals surface area contributed by atoms with E-state index in [1.807, 2.05) is 6.92 Å². The molecule has 0 unspecified atom stereocenters. The molecule has 0 aliphatic rings. The topological polar surface area (TPSA) is 106 Å². The van der Waals surface area contributed by atoms with Crippen LogP contribution in [0, 0.1) is 6.92 Å². The first-order valence-electron chi connectivity index (χ1n) is 7.05. The second-order valence-electron chi connectivity index (χ2n) is 4.99. The van der Waals surface area contributed by atoms with Crippen LogP contribution in [-0.4, -0.2) is 41.7 Å². The summed E-state index contributed by atoms with van der Waals surface area (Å²) in [5.41, 5.74) is 0.560. The van der Waals surface area contributed by atoms with E-state index in [4.69, 9.17) is 0 Å². The fraction of sp³-hybridized carbons (Fsp3) is 0.214. The summed E-state index contributed by atoms with van der Waals surface area (Å²) in [5, 5.41) is 30.4. The van der Waals surface area contributed by atoms with Crippen molar-refractivity contribution in [3.8, 4) is 17.1 Å². The van der Waals surface area contributed by atoms with E-state index >= 15 is 0 Å². The van der Waals surface area contributed by atoms with Crippen LogP contribution in [-0.2, 0) is 11.8 Å². The Morgan fingerprint density at radius 3 is 2.88 bits per heavy atom. The van der Waals surface area contributed by atoms with Crippen LogP contribution in [0.1, 0.15) is 5.01 Å². The van der Waals surface area contributed by atoms with Gasteiger partial charge >= 0.3 is 0 Å². The van der Waals surface area contributed by atoms with E-state index in [2.05, 4.69) is 41.6 Å². The third-order valence-corrected chi connectivity index (χ3v) is 5.41. The zero-order valence-corrected chi connectivity index (χ0v) is 16.4. The van der Waals surface area contributed by atoms with Crippen molar-refractivity contribution in [1.29, 1.82) is 0 Å². The van der Waals surface area contributed by atoms with E-state index in [1.165, 1.54) is 23.1 Å². The maximum absolute atomic E-state index is 12.0. The molecule has 0 aliphatic heterocycles. The molecule has 2 heterocycles. The zero-order chi connectivity index (χ0) is 18.0. The van der Waals surface area contributed by atoms with Crippen molar-refractivity contribution in [3.63, 3.8) is 0 Å². The lowest BCUT2D eigenvalue weighted by molar-refractivity contribution is -0.113. The van der Waals surface area contributed by atoms with Gasteiger partial charge in [-0.1, -0.05) is 39.0 Å². The summed E-state index contributed by atoms with van der Waals surface area (Å²) in [7, 11) is 1.78. The minimum Gasteiger partial charge on any atom is -0.507 e. The summed E-state index contributed by atoms with van der Waals surface area (Å²) < 4.78 is 2.55. The minimum absolute atomic E-state index is 0.111. The Hall–Kier alpha value is -1.98. The smallest absolute Gasteiger partial charge is 0.236 e. The first-order valence-corrected chi connectivity index (χ1v) is 9.64. The number of phenolic OH excluding ortho intramolecular Hbond substituents is 1. The lowest BCUT2D eigenvalue weighted by Crippen LogP contribution is -2.14. The monoisotopic (exact) mass is 440 g/mol. The highest BCUT2D eigenvalue weighted by molar-refractivity contribution is 9.10. The van der Waals surface area contributed by atoms with Crippen LogP contribution < -0.4 is 5.32 Å². The average Bonchev–Trinajstić information content (AvgIpc) is 3.14. The summed E-state index contributed by atoms with van der Waals surface area (Å²) in [4.78, 5) is 12.0. The number of nitrogens with zero attached hydrogens (tertiary/aromatic N) is 5. The molecule has 25 heavy (non-hydrogen) atoms. The standard InChI is InChI=1S/C14H13BrN6O2S2/c1-7-17-19-13(25-7)16-11(23)6-24-14-20-18-12(21(14)2)9-5-8(15)3-4-10(9)22/h3-5,22H,6H2,1-2H3,(H,16,19,23). The molecule has 2 N–H and O–H groups in total. The average molecular weight is 441 g/mol. The number of aryl methyl sites for hydroxylation is 1. The summed E-state index contributed by atoms with van der Waals surface area (Å²) in [6, 6.07) is 5.08. The number of halogens is 1. The summed E-state index contributed by atoms with van der Waals surface area (Å²) >= 11 is 5.93. The second-order valence-corrected chi connectivity index (χ2v) is 8.03. The van der Waals surface area contributed by atoms with Gasteiger partial charge in [-0.2, -0.15) is 0 Å². The number of hydrogen-bond donors (Lipinski definition) is 2. The number of thioether (sulfide) groups is 1. The quantitative estimate of drug-likeness (QED) is 0.587. The number of carbonyl (C=O) groups excluding carboxylic acids is 1. The molecule has 0 saturated heterocycles. The van der Waals surface area contributed by atoms with Gasteiger partial charge in [0, 0.05) is 11.5 Å². The number of anilines is 1. The molecule has 0 atom stereocenters. The van der Waals surface area contributed by atoms with Crippen molar-refractivity contribution in [2.24, 2.45) is 7.05 Å². The lowest BCUT2D eigenvalue weighted by atomic mass is 10.2. The Bertz CT molecular complexity index is 926. The molecule has 1 amide bonds. The third-order valence-electron chi connectivity index (χ3n) is 3.14. The van der Waals surface area contributed by atoms with Crippen molar-refractivity contribution in [1.82, 2.24) is 25.0 Å². The SMILES string of the molecule is Cc1nnc(NC(=O)CSc2nnc(-c3cc(Br)ccc3O)n2C)s1. The largest absolute Gasteiger partial charge is 0.507 e. The number of nitrogens with one attached hydrogen (secondary N) is 1. The number of phenols is 1. The molecule has 11 heteroatoms. The second kappa shape index (κ2) is 7.50. The molecule has 8 nitrogen and oxygen atoms in total. The normalized spacial score (nSPS) is 10.8. The van der Waals surface area contributed by atoms with Gasteiger partial charge in [0.2, 0.25) is 11.0 Å². The molecule has 0 aliphatic carbocycles. The zero-order valence-electron chi connectivity index (χ0n) is 13.2. The molecule has 3 rings (SSSR count). The number of aromatic nitrogens is 5. The van der Waals surface area contributed by atoms with E-state index in [-0.39, 0.29) is 17.4 Å². The molecule has 0 saturated carbocycles. The highest BCUT2D eigenvalue weighted by atomic mass is 79.9. The van der Waals surface area contributed by atoms with Crippen molar-refractivity contribution in [3.05, 3.63) is 27.7 Å². The van der Waals surface area contributed by atoms with E-state index in [9.17, 15) is 9.90 Å². The molecule has 1 aromatic carbocycles. The molecule has 0 radical (unpaired) electrons. The summed E-state index contributed by atoms with van der Waals surface area (Å²) in [6.07, 6.45) is 0. The number of rotatable bonds is 5. The van der Waals surface area contributed by atoms with E-state index in [1.54, 1.807) is 29.8 Å². The molecule has 130 valence electrons. The maximum Gasteiger partial charge on any atom is 0.236 e. The van der Waals surface area contributed by atoms with Gasteiger partial charge in [0.05, 0.1) is 11.3 Å². The fourth-order valence-corrected chi connectivity index (χ4v) is 3.68. The van der Waals surface area contributed by atoms with E-state index in [0.29, 0.717) is 21.7 Å². The highest BCUT2D eigenvalue weighted by Crippen LogP contribution is 2.32. The minimum atomic E-state index is -0.198. The van der Waals surface area contributed by atoms with E-state index < -0.39 is 0 Å². The molecule has 0 bridgehead atoms. The maximum atomic E-state index is 12.0. The van der Waals surface area contributed by atoms with Gasteiger partial charge in [-0.15, -0.1) is 20.4 Å². The van der Waals surface area contributed by atoms with Gasteiger partial charge in [0.25, 0.3) is 0 Å². The third kappa shape index (κ3) is 4.17. The van der Waals surface area contributed by atoms with Gasteiger partial charge in [-0.05, 0) is 25.1 Å². The molecule has 2 aromatic heterocycles.